The van der Waals surface area contributed by atoms with E-state index in [-0.39, 0.29) is 30.6 Å². The molecular formula is C14H24N2O3. The van der Waals surface area contributed by atoms with Gasteiger partial charge in [0, 0.05) is 12.6 Å². The number of amides is 2. The summed E-state index contributed by atoms with van der Waals surface area (Å²) >= 11 is 0. The summed E-state index contributed by atoms with van der Waals surface area (Å²) in [6, 6.07) is -0.211. The highest BCUT2D eigenvalue weighted by molar-refractivity contribution is 5.80. The van der Waals surface area contributed by atoms with Gasteiger partial charge in [-0.2, -0.15) is 0 Å². The van der Waals surface area contributed by atoms with Crippen molar-refractivity contribution < 1.29 is 14.7 Å². The van der Waals surface area contributed by atoms with Crippen LogP contribution in [0.15, 0.2) is 12.7 Å². The maximum atomic E-state index is 12.1. The van der Waals surface area contributed by atoms with Crippen molar-refractivity contribution in [3.63, 3.8) is 0 Å². The van der Waals surface area contributed by atoms with E-state index in [1.165, 1.54) is 17.4 Å². The van der Waals surface area contributed by atoms with Crippen LogP contribution in [0.4, 0.5) is 4.79 Å². The Hall–Kier alpha value is -1.52. The third kappa shape index (κ3) is 4.58. The summed E-state index contributed by atoms with van der Waals surface area (Å²) in [6.45, 7) is 7.78. The Kier molecular flexibility index (Phi) is 5.39. The lowest BCUT2D eigenvalue weighted by molar-refractivity contribution is -0.137. The number of carbonyl (C=O) groups is 2. The lowest BCUT2D eigenvalue weighted by Gasteiger charge is -2.39. The van der Waals surface area contributed by atoms with Gasteiger partial charge in [0.2, 0.25) is 0 Å². The van der Waals surface area contributed by atoms with Crippen LogP contribution in [0.25, 0.3) is 0 Å². The zero-order chi connectivity index (χ0) is 14.5. The molecular weight excluding hydrogens is 244 g/mol. The first kappa shape index (κ1) is 15.5. The van der Waals surface area contributed by atoms with Gasteiger partial charge in [-0.05, 0) is 18.3 Å². The van der Waals surface area contributed by atoms with Crippen LogP contribution in [0.3, 0.4) is 0 Å². The number of carboxylic acid groups (broad SMARTS) is 1. The molecule has 0 heterocycles. The predicted octanol–water partition coefficient (Wildman–Crippen LogP) is 2.24. The lowest BCUT2D eigenvalue weighted by atomic mass is 9.73. The van der Waals surface area contributed by atoms with E-state index < -0.39 is 5.97 Å². The zero-order valence-electron chi connectivity index (χ0n) is 11.8. The summed E-state index contributed by atoms with van der Waals surface area (Å²) in [6.07, 6.45) is 5.86. The molecule has 1 fully saturated rings. The molecule has 0 radical (unpaired) electrons. The van der Waals surface area contributed by atoms with Gasteiger partial charge in [-0.25, -0.2) is 4.79 Å². The summed E-state index contributed by atoms with van der Waals surface area (Å²) in [5.41, 5.74) is 0.0665. The molecule has 19 heavy (non-hydrogen) atoms. The van der Waals surface area contributed by atoms with Crippen LogP contribution in [0.1, 0.15) is 39.5 Å². The molecule has 1 atom stereocenters. The average molecular weight is 268 g/mol. The number of hydrogen-bond acceptors (Lipinski definition) is 2. The normalized spacial score (nSPS) is 21.5. The predicted molar refractivity (Wildman–Crippen MR) is 74.0 cm³/mol. The minimum atomic E-state index is -1.01. The Morgan fingerprint density at radius 1 is 1.47 bits per heavy atom. The van der Waals surface area contributed by atoms with E-state index in [1.807, 2.05) is 0 Å². The molecule has 0 aromatic rings. The third-order valence-corrected chi connectivity index (χ3v) is 3.77. The topological polar surface area (TPSA) is 69.6 Å². The zero-order valence-corrected chi connectivity index (χ0v) is 11.8. The quantitative estimate of drug-likeness (QED) is 0.751. The van der Waals surface area contributed by atoms with Crippen molar-refractivity contribution in [3.05, 3.63) is 12.7 Å². The number of urea groups is 1. The molecule has 1 rings (SSSR count). The van der Waals surface area contributed by atoms with E-state index in [1.54, 1.807) is 0 Å². The van der Waals surface area contributed by atoms with Crippen LogP contribution in [-0.2, 0) is 4.79 Å². The fraction of sp³-hybridized carbons (Fsp3) is 0.714. The van der Waals surface area contributed by atoms with Crippen molar-refractivity contribution >= 4 is 12.0 Å². The maximum Gasteiger partial charge on any atom is 0.323 e. The summed E-state index contributed by atoms with van der Waals surface area (Å²) in [5, 5.41) is 11.8. The van der Waals surface area contributed by atoms with E-state index >= 15 is 0 Å². The number of hydrogen-bond donors (Lipinski definition) is 2. The number of nitrogens with one attached hydrogen (secondary N) is 1. The number of carbonyl (C=O) groups excluding carboxylic acids is 1. The Bertz CT molecular complexity index is 353. The smallest absolute Gasteiger partial charge is 0.323 e. The molecule has 2 N–H and O–H groups in total. The van der Waals surface area contributed by atoms with Crippen LogP contribution < -0.4 is 5.32 Å². The molecule has 2 amide bonds. The lowest BCUT2D eigenvalue weighted by Crippen LogP contribution is -2.52. The Morgan fingerprint density at radius 2 is 2.16 bits per heavy atom. The second-order valence-electron chi connectivity index (χ2n) is 5.80. The molecule has 108 valence electrons. The van der Waals surface area contributed by atoms with Gasteiger partial charge in [-0.1, -0.05) is 32.8 Å². The molecule has 1 aliphatic rings. The molecule has 5 heteroatoms. The van der Waals surface area contributed by atoms with Gasteiger partial charge in [0.25, 0.3) is 0 Å². The van der Waals surface area contributed by atoms with Crippen molar-refractivity contribution in [3.8, 4) is 0 Å². The van der Waals surface area contributed by atoms with Gasteiger partial charge in [-0.3, -0.25) is 4.79 Å². The van der Waals surface area contributed by atoms with Crippen LogP contribution in [0, 0.1) is 5.41 Å². The molecule has 1 unspecified atom stereocenters. The SMILES string of the molecule is C=CCN(CC(=O)O)C(=O)NC1CCCCC1(C)C. The van der Waals surface area contributed by atoms with Gasteiger partial charge >= 0.3 is 12.0 Å². The molecule has 0 aromatic heterocycles. The fourth-order valence-electron chi connectivity index (χ4n) is 2.54. The molecule has 5 nitrogen and oxygen atoms in total. The van der Waals surface area contributed by atoms with Crippen molar-refractivity contribution in [1.29, 1.82) is 0 Å². The average Bonchev–Trinajstić information content (AvgIpc) is 2.30. The highest BCUT2D eigenvalue weighted by atomic mass is 16.4. The van der Waals surface area contributed by atoms with Gasteiger partial charge in [0.05, 0.1) is 0 Å². The number of nitrogens with zero attached hydrogens (tertiary/aromatic N) is 1. The van der Waals surface area contributed by atoms with Crippen molar-refractivity contribution in [2.24, 2.45) is 5.41 Å². The number of carboxylic acids is 1. The molecule has 0 aromatic carbocycles. The van der Waals surface area contributed by atoms with Gasteiger partial charge in [0.1, 0.15) is 6.54 Å². The van der Waals surface area contributed by atoms with Crippen LogP contribution in [0.5, 0.6) is 0 Å². The van der Waals surface area contributed by atoms with E-state index in [0.717, 1.165) is 19.3 Å². The molecule has 0 aliphatic heterocycles. The van der Waals surface area contributed by atoms with E-state index in [4.69, 9.17) is 5.11 Å². The third-order valence-electron chi connectivity index (χ3n) is 3.77. The maximum absolute atomic E-state index is 12.1. The molecule has 1 saturated carbocycles. The highest BCUT2D eigenvalue weighted by Crippen LogP contribution is 2.35. The minimum absolute atomic E-state index is 0.0665. The Balaban J connectivity index is 2.64. The molecule has 1 aliphatic carbocycles. The Labute approximate surface area is 114 Å². The summed E-state index contributed by atoms with van der Waals surface area (Å²) < 4.78 is 0. The van der Waals surface area contributed by atoms with Gasteiger partial charge < -0.3 is 15.3 Å². The van der Waals surface area contributed by atoms with E-state index in [9.17, 15) is 9.59 Å². The van der Waals surface area contributed by atoms with E-state index in [0.29, 0.717) is 0 Å². The fourth-order valence-corrected chi connectivity index (χ4v) is 2.54. The second-order valence-corrected chi connectivity index (χ2v) is 5.80. The number of aliphatic carboxylic acids is 1. The summed E-state index contributed by atoms with van der Waals surface area (Å²) in [7, 11) is 0. The molecule has 0 saturated heterocycles. The molecule has 0 bridgehead atoms. The number of rotatable bonds is 5. The van der Waals surface area contributed by atoms with Crippen molar-refractivity contribution in [2.45, 2.75) is 45.6 Å². The monoisotopic (exact) mass is 268 g/mol. The standard InChI is InChI=1S/C14H24N2O3/c1-4-9-16(10-12(17)18)13(19)15-11-7-5-6-8-14(11,2)3/h4,11H,1,5-10H2,2-3H3,(H,15,19)(H,17,18). The van der Waals surface area contributed by atoms with Gasteiger partial charge in [0.15, 0.2) is 0 Å². The summed E-state index contributed by atoms with van der Waals surface area (Å²) in [4.78, 5) is 24.1. The summed E-state index contributed by atoms with van der Waals surface area (Å²) in [5.74, 6) is -1.01. The highest BCUT2D eigenvalue weighted by Gasteiger charge is 2.34. The largest absolute Gasteiger partial charge is 0.480 e. The van der Waals surface area contributed by atoms with Crippen LogP contribution in [0.2, 0.25) is 0 Å². The second kappa shape index (κ2) is 6.59. The van der Waals surface area contributed by atoms with Crippen molar-refractivity contribution in [2.75, 3.05) is 13.1 Å². The van der Waals surface area contributed by atoms with Crippen molar-refractivity contribution in [1.82, 2.24) is 10.2 Å². The van der Waals surface area contributed by atoms with Gasteiger partial charge in [-0.15, -0.1) is 6.58 Å². The molecule has 0 spiro atoms. The first-order valence-corrected chi connectivity index (χ1v) is 6.75. The van der Waals surface area contributed by atoms with E-state index in [2.05, 4.69) is 25.7 Å². The van der Waals surface area contributed by atoms with Crippen LogP contribution in [-0.4, -0.2) is 41.1 Å². The minimum Gasteiger partial charge on any atom is -0.480 e. The van der Waals surface area contributed by atoms with Crippen LogP contribution >= 0.6 is 0 Å². The Morgan fingerprint density at radius 3 is 2.68 bits per heavy atom. The first-order chi connectivity index (χ1) is 8.86. The first-order valence-electron chi connectivity index (χ1n) is 6.75.